The van der Waals surface area contributed by atoms with Gasteiger partial charge in [-0.3, -0.25) is 4.79 Å². The van der Waals surface area contributed by atoms with Gasteiger partial charge in [0.2, 0.25) is 0 Å². The molecule has 1 aromatic carbocycles. The van der Waals surface area contributed by atoms with Crippen LogP contribution >= 0.6 is 0 Å². The van der Waals surface area contributed by atoms with Gasteiger partial charge in [0, 0.05) is 5.69 Å². The van der Waals surface area contributed by atoms with Gasteiger partial charge in [0.1, 0.15) is 6.61 Å². The van der Waals surface area contributed by atoms with Crippen LogP contribution < -0.4 is 11.5 Å². The van der Waals surface area contributed by atoms with Crippen LogP contribution in [0.4, 0.5) is 5.69 Å². The molecule has 0 aromatic heterocycles. The first-order valence-corrected chi connectivity index (χ1v) is 4.53. The van der Waals surface area contributed by atoms with Gasteiger partial charge in [0.05, 0.1) is 11.1 Å². The van der Waals surface area contributed by atoms with Crippen molar-refractivity contribution in [2.75, 3.05) is 12.3 Å². The summed E-state index contributed by atoms with van der Waals surface area (Å²) in [5.41, 5.74) is 11.2. The quantitative estimate of drug-likeness (QED) is 0.443. The minimum atomic E-state index is -0.636. The van der Waals surface area contributed by atoms with Crippen LogP contribution in [0.3, 0.4) is 0 Å². The van der Waals surface area contributed by atoms with E-state index in [1.54, 1.807) is 0 Å². The van der Waals surface area contributed by atoms with E-state index in [1.165, 1.54) is 24.3 Å². The number of amides is 1. The Bertz CT molecular complexity index is 441. The van der Waals surface area contributed by atoms with Crippen molar-refractivity contribution >= 4 is 17.6 Å². The number of anilines is 1. The smallest absolute Gasteiger partial charge is 0.338 e. The summed E-state index contributed by atoms with van der Waals surface area (Å²) in [4.78, 5) is 22.3. The Hall–Kier alpha value is -2.30. The first-order chi connectivity index (χ1) is 7.56. The highest BCUT2D eigenvalue weighted by Crippen LogP contribution is 2.14. The lowest BCUT2D eigenvalue weighted by atomic mass is 10.1. The van der Waals surface area contributed by atoms with E-state index in [0.717, 1.165) is 0 Å². The van der Waals surface area contributed by atoms with E-state index >= 15 is 0 Å². The monoisotopic (exact) mass is 220 g/mol. The third kappa shape index (κ3) is 2.60. The Morgan fingerprint density at radius 3 is 2.62 bits per heavy atom. The molecule has 0 fully saturated rings. The van der Waals surface area contributed by atoms with Crippen molar-refractivity contribution in [1.29, 1.82) is 0 Å². The molecule has 1 amide bonds. The zero-order valence-electron chi connectivity index (χ0n) is 8.60. The lowest BCUT2D eigenvalue weighted by Crippen LogP contribution is -2.14. The molecule has 5 heteroatoms. The fourth-order valence-corrected chi connectivity index (χ4v) is 1.13. The maximum absolute atomic E-state index is 11.4. The Kier molecular flexibility index (Phi) is 3.66. The van der Waals surface area contributed by atoms with Crippen LogP contribution in [-0.2, 0) is 4.74 Å². The second kappa shape index (κ2) is 4.97. The number of benzene rings is 1. The van der Waals surface area contributed by atoms with Crippen LogP contribution in [0.5, 0.6) is 0 Å². The molecule has 16 heavy (non-hydrogen) atoms. The van der Waals surface area contributed by atoms with E-state index in [2.05, 4.69) is 6.58 Å². The summed E-state index contributed by atoms with van der Waals surface area (Å²) in [5, 5.41) is 0. The van der Waals surface area contributed by atoms with Gasteiger partial charge in [0.15, 0.2) is 0 Å². The van der Waals surface area contributed by atoms with E-state index in [-0.39, 0.29) is 23.4 Å². The van der Waals surface area contributed by atoms with Gasteiger partial charge in [0.25, 0.3) is 5.91 Å². The van der Waals surface area contributed by atoms with Gasteiger partial charge in [-0.15, -0.1) is 0 Å². The molecule has 0 saturated heterocycles. The fourth-order valence-electron chi connectivity index (χ4n) is 1.13. The maximum Gasteiger partial charge on any atom is 0.338 e. The Morgan fingerprint density at radius 1 is 1.44 bits per heavy atom. The summed E-state index contributed by atoms with van der Waals surface area (Å²) in [7, 11) is 0. The van der Waals surface area contributed by atoms with Gasteiger partial charge in [-0.05, 0) is 18.2 Å². The van der Waals surface area contributed by atoms with Crippen LogP contribution in [0, 0.1) is 0 Å². The first-order valence-electron chi connectivity index (χ1n) is 4.53. The zero-order valence-corrected chi connectivity index (χ0v) is 8.60. The lowest BCUT2D eigenvalue weighted by molar-refractivity contribution is 0.0549. The van der Waals surface area contributed by atoms with E-state index in [9.17, 15) is 9.59 Å². The van der Waals surface area contributed by atoms with Gasteiger partial charge in [-0.25, -0.2) is 4.79 Å². The molecule has 4 N–H and O–H groups in total. The number of hydrogen-bond acceptors (Lipinski definition) is 4. The number of primary amides is 1. The Labute approximate surface area is 92.7 Å². The minimum Gasteiger partial charge on any atom is -0.458 e. The average molecular weight is 220 g/mol. The fraction of sp³-hybridized carbons (Fsp3) is 0.0909. The molecule has 0 aliphatic heterocycles. The number of carbonyl (C=O) groups excluding carboxylic acids is 2. The predicted molar refractivity (Wildman–Crippen MR) is 59.9 cm³/mol. The Morgan fingerprint density at radius 2 is 2.12 bits per heavy atom. The first kappa shape index (κ1) is 11.8. The molecule has 0 spiro atoms. The topological polar surface area (TPSA) is 95.4 Å². The molecule has 0 atom stereocenters. The van der Waals surface area contributed by atoms with Crippen LogP contribution in [0.1, 0.15) is 20.7 Å². The molecule has 0 aliphatic rings. The van der Waals surface area contributed by atoms with Gasteiger partial charge in [-0.1, -0.05) is 12.7 Å². The zero-order chi connectivity index (χ0) is 12.1. The molecule has 1 rings (SSSR count). The van der Waals surface area contributed by atoms with E-state index in [0.29, 0.717) is 0 Å². The third-order valence-corrected chi connectivity index (χ3v) is 1.89. The number of hydrogen-bond donors (Lipinski definition) is 2. The van der Waals surface area contributed by atoms with E-state index in [4.69, 9.17) is 16.2 Å². The maximum atomic E-state index is 11.4. The molecule has 84 valence electrons. The number of carbonyl (C=O) groups is 2. The van der Waals surface area contributed by atoms with Crippen LogP contribution in [0.25, 0.3) is 0 Å². The van der Waals surface area contributed by atoms with Crippen LogP contribution in [0.15, 0.2) is 30.9 Å². The number of esters is 1. The second-order valence-electron chi connectivity index (χ2n) is 3.05. The van der Waals surface area contributed by atoms with E-state index < -0.39 is 11.9 Å². The van der Waals surface area contributed by atoms with Gasteiger partial charge >= 0.3 is 5.97 Å². The molecule has 0 bridgehead atoms. The Balaban J connectivity index is 2.92. The van der Waals surface area contributed by atoms with Crippen molar-refractivity contribution in [1.82, 2.24) is 0 Å². The van der Waals surface area contributed by atoms with Crippen molar-refractivity contribution in [3.63, 3.8) is 0 Å². The summed E-state index contributed by atoms with van der Waals surface area (Å²) in [6.45, 7) is 3.54. The molecule has 0 radical (unpaired) electrons. The number of nitrogens with two attached hydrogens (primary N) is 2. The summed E-state index contributed by atoms with van der Waals surface area (Å²) in [5.74, 6) is -1.16. The van der Waals surface area contributed by atoms with Crippen molar-refractivity contribution in [2.45, 2.75) is 0 Å². The summed E-state index contributed by atoms with van der Waals surface area (Å²) >= 11 is 0. The molecule has 0 aliphatic carbocycles. The summed E-state index contributed by atoms with van der Waals surface area (Å²) in [6.07, 6.45) is 1.46. The second-order valence-corrected chi connectivity index (χ2v) is 3.05. The minimum absolute atomic E-state index is 0.121. The van der Waals surface area contributed by atoms with Crippen LogP contribution in [0.2, 0.25) is 0 Å². The van der Waals surface area contributed by atoms with Gasteiger partial charge < -0.3 is 16.2 Å². The summed E-state index contributed by atoms with van der Waals surface area (Å²) < 4.78 is 4.80. The molecular formula is C11H12N2O3. The lowest BCUT2D eigenvalue weighted by Gasteiger charge is -2.05. The molecule has 5 nitrogen and oxygen atoms in total. The van der Waals surface area contributed by atoms with Gasteiger partial charge in [-0.2, -0.15) is 0 Å². The highest BCUT2D eigenvalue weighted by Gasteiger charge is 2.11. The number of ether oxygens (including phenoxy) is 1. The standard InChI is InChI=1S/C11H12N2O3/c1-2-5-16-11(15)7-3-4-8(10(13)14)9(12)6-7/h2-4,6H,1,5,12H2,(H2,13,14). The average Bonchev–Trinajstić information content (AvgIpc) is 2.25. The SMILES string of the molecule is C=CCOC(=O)c1ccc(C(N)=O)c(N)c1. The summed E-state index contributed by atoms with van der Waals surface area (Å²) in [6, 6.07) is 4.18. The van der Waals surface area contributed by atoms with Crippen molar-refractivity contribution in [3.05, 3.63) is 42.0 Å². The number of nitrogen functional groups attached to an aromatic ring is 1. The highest BCUT2D eigenvalue weighted by atomic mass is 16.5. The van der Waals surface area contributed by atoms with Crippen molar-refractivity contribution in [3.8, 4) is 0 Å². The van der Waals surface area contributed by atoms with E-state index in [1.807, 2.05) is 0 Å². The normalized spacial score (nSPS) is 9.50. The number of rotatable bonds is 4. The largest absolute Gasteiger partial charge is 0.458 e. The van der Waals surface area contributed by atoms with Crippen molar-refractivity contribution < 1.29 is 14.3 Å². The highest BCUT2D eigenvalue weighted by molar-refractivity contribution is 6.00. The molecular weight excluding hydrogens is 208 g/mol. The van der Waals surface area contributed by atoms with Crippen molar-refractivity contribution in [2.24, 2.45) is 5.73 Å². The van der Waals surface area contributed by atoms with Crippen LogP contribution in [-0.4, -0.2) is 18.5 Å². The molecule has 0 saturated carbocycles. The third-order valence-electron chi connectivity index (χ3n) is 1.89. The molecule has 0 heterocycles. The molecule has 1 aromatic rings. The predicted octanol–water partition coefficient (Wildman–Crippen LogP) is 0.711. The molecule has 0 unspecified atom stereocenters.